The average molecular weight is 230 g/mol. The molecule has 15 heavy (non-hydrogen) atoms. The molecule has 1 aliphatic heterocycles. The van der Waals surface area contributed by atoms with Gasteiger partial charge in [0.2, 0.25) is 5.91 Å². The lowest BCUT2D eigenvalue weighted by atomic mass is 9.93. The van der Waals surface area contributed by atoms with Crippen LogP contribution in [0.1, 0.15) is 26.2 Å². The van der Waals surface area contributed by atoms with Gasteiger partial charge in [-0.3, -0.25) is 4.79 Å². The van der Waals surface area contributed by atoms with Gasteiger partial charge in [0.25, 0.3) is 0 Å². The largest absolute Gasteiger partial charge is 0.340 e. The van der Waals surface area contributed by atoms with Crippen LogP contribution in [0.3, 0.4) is 0 Å². The minimum atomic E-state index is 0.301. The van der Waals surface area contributed by atoms with Gasteiger partial charge in [-0.05, 0) is 38.5 Å². The van der Waals surface area contributed by atoms with Gasteiger partial charge in [-0.2, -0.15) is 11.8 Å². The van der Waals surface area contributed by atoms with Gasteiger partial charge in [-0.25, -0.2) is 0 Å². The maximum absolute atomic E-state index is 11.9. The molecule has 1 heterocycles. The Morgan fingerprint density at radius 1 is 1.53 bits per heavy atom. The Labute approximate surface area is 96.8 Å². The van der Waals surface area contributed by atoms with Gasteiger partial charge in [0.05, 0.1) is 0 Å². The van der Waals surface area contributed by atoms with E-state index in [1.54, 1.807) is 11.8 Å². The highest BCUT2D eigenvalue weighted by molar-refractivity contribution is 7.98. The van der Waals surface area contributed by atoms with E-state index in [1.165, 1.54) is 6.42 Å². The van der Waals surface area contributed by atoms with E-state index in [1.807, 2.05) is 11.2 Å². The summed E-state index contributed by atoms with van der Waals surface area (Å²) in [6.45, 7) is 3.72. The first-order valence-corrected chi connectivity index (χ1v) is 7.07. The minimum Gasteiger partial charge on any atom is -0.340 e. The van der Waals surface area contributed by atoms with Gasteiger partial charge in [-0.15, -0.1) is 0 Å². The van der Waals surface area contributed by atoms with E-state index >= 15 is 0 Å². The highest BCUT2D eigenvalue weighted by Crippen LogP contribution is 2.21. The van der Waals surface area contributed by atoms with Crippen LogP contribution in [0.15, 0.2) is 0 Å². The average Bonchev–Trinajstić information content (AvgIpc) is 2.26. The number of likely N-dealkylation sites (tertiary alicyclic amines) is 1. The smallest absolute Gasteiger partial charge is 0.223 e. The third kappa shape index (κ3) is 3.68. The number of rotatable bonds is 4. The van der Waals surface area contributed by atoms with Gasteiger partial charge in [0.1, 0.15) is 0 Å². The highest BCUT2D eigenvalue weighted by atomic mass is 32.2. The van der Waals surface area contributed by atoms with Gasteiger partial charge >= 0.3 is 0 Å². The topological polar surface area (TPSA) is 46.3 Å². The number of thioether (sulfide) groups is 1. The van der Waals surface area contributed by atoms with Crippen LogP contribution in [0, 0.1) is 5.92 Å². The molecule has 0 aromatic carbocycles. The first-order valence-electron chi connectivity index (χ1n) is 5.67. The van der Waals surface area contributed by atoms with Crippen molar-refractivity contribution in [2.75, 3.05) is 25.1 Å². The van der Waals surface area contributed by atoms with Crippen molar-refractivity contribution in [2.24, 2.45) is 11.7 Å². The predicted molar refractivity (Wildman–Crippen MR) is 66.0 cm³/mol. The molecule has 1 rings (SSSR count). The van der Waals surface area contributed by atoms with Crippen LogP contribution in [0.4, 0.5) is 0 Å². The zero-order valence-electron chi connectivity index (χ0n) is 9.74. The number of nitrogens with two attached hydrogens (primary N) is 1. The monoisotopic (exact) mass is 230 g/mol. The number of carbonyl (C=O) groups excluding carboxylic acids is 1. The normalized spacial score (nSPS) is 26.7. The van der Waals surface area contributed by atoms with Crippen molar-refractivity contribution in [3.05, 3.63) is 0 Å². The van der Waals surface area contributed by atoms with Crippen LogP contribution in [-0.4, -0.2) is 41.9 Å². The van der Waals surface area contributed by atoms with E-state index < -0.39 is 0 Å². The Balaban J connectivity index is 2.46. The Hall–Kier alpha value is -0.220. The first-order chi connectivity index (χ1) is 7.19. The second kappa shape index (κ2) is 6.38. The third-order valence-corrected chi connectivity index (χ3v) is 3.77. The third-order valence-electron chi connectivity index (χ3n) is 3.15. The maximum atomic E-state index is 11.9. The zero-order valence-corrected chi connectivity index (χ0v) is 10.6. The van der Waals surface area contributed by atoms with Crippen LogP contribution in [-0.2, 0) is 4.79 Å². The van der Waals surface area contributed by atoms with Crippen molar-refractivity contribution < 1.29 is 4.79 Å². The van der Waals surface area contributed by atoms with Crippen LogP contribution >= 0.6 is 11.8 Å². The summed E-state index contributed by atoms with van der Waals surface area (Å²) < 4.78 is 0. The number of piperidine rings is 1. The Morgan fingerprint density at radius 3 is 2.87 bits per heavy atom. The summed E-state index contributed by atoms with van der Waals surface area (Å²) in [6, 6.07) is 0.405. The molecule has 0 saturated carbocycles. The van der Waals surface area contributed by atoms with Crippen molar-refractivity contribution >= 4 is 17.7 Å². The fourth-order valence-corrected chi connectivity index (χ4v) is 2.43. The highest BCUT2D eigenvalue weighted by Gasteiger charge is 2.27. The number of carbonyl (C=O) groups is 1. The lowest BCUT2D eigenvalue weighted by molar-refractivity contribution is -0.135. The molecule has 0 aromatic heterocycles. The molecule has 0 bridgehead atoms. The number of hydrogen-bond donors (Lipinski definition) is 1. The Morgan fingerprint density at radius 2 is 2.27 bits per heavy atom. The van der Waals surface area contributed by atoms with E-state index in [-0.39, 0.29) is 0 Å². The standard InChI is InChI=1S/C11H22N2OS/c1-9-3-4-10(7-12)8-13(9)11(14)5-6-15-2/h9-10H,3-8,12H2,1-2H3. The number of amides is 1. The molecule has 2 unspecified atom stereocenters. The molecule has 2 atom stereocenters. The molecule has 0 spiro atoms. The van der Waals surface area contributed by atoms with E-state index in [0.717, 1.165) is 18.7 Å². The number of nitrogens with zero attached hydrogens (tertiary/aromatic N) is 1. The maximum Gasteiger partial charge on any atom is 0.223 e. The molecule has 1 amide bonds. The minimum absolute atomic E-state index is 0.301. The summed E-state index contributed by atoms with van der Waals surface area (Å²) in [4.78, 5) is 13.9. The first kappa shape index (κ1) is 12.8. The molecule has 1 aliphatic rings. The van der Waals surface area contributed by atoms with Crippen molar-refractivity contribution in [3.63, 3.8) is 0 Å². The quantitative estimate of drug-likeness (QED) is 0.792. The van der Waals surface area contributed by atoms with Crippen LogP contribution in [0.2, 0.25) is 0 Å². The molecular weight excluding hydrogens is 208 g/mol. The Bertz CT molecular complexity index is 211. The summed E-state index contributed by atoms with van der Waals surface area (Å²) in [5.41, 5.74) is 5.67. The lowest BCUT2D eigenvalue weighted by Crippen LogP contribution is -2.47. The van der Waals surface area contributed by atoms with Gasteiger partial charge < -0.3 is 10.6 Å². The van der Waals surface area contributed by atoms with Crippen LogP contribution in [0.25, 0.3) is 0 Å². The van der Waals surface area contributed by atoms with Crippen molar-refractivity contribution in [3.8, 4) is 0 Å². The summed E-state index contributed by atoms with van der Waals surface area (Å²) in [5, 5.41) is 0. The molecule has 1 fully saturated rings. The molecule has 88 valence electrons. The van der Waals surface area contributed by atoms with Crippen molar-refractivity contribution in [1.82, 2.24) is 4.90 Å². The SMILES string of the molecule is CSCCC(=O)N1CC(CN)CCC1C. The predicted octanol–water partition coefficient (Wildman–Crippen LogP) is 1.33. The van der Waals surface area contributed by atoms with E-state index in [0.29, 0.717) is 30.8 Å². The second-order valence-electron chi connectivity index (χ2n) is 4.32. The Kier molecular flexibility index (Phi) is 5.47. The van der Waals surface area contributed by atoms with Crippen LogP contribution in [0.5, 0.6) is 0 Å². The summed E-state index contributed by atoms with van der Waals surface area (Å²) in [7, 11) is 0. The second-order valence-corrected chi connectivity index (χ2v) is 5.30. The molecule has 1 saturated heterocycles. The van der Waals surface area contributed by atoms with Gasteiger partial charge in [0.15, 0.2) is 0 Å². The van der Waals surface area contributed by atoms with Crippen LogP contribution < -0.4 is 5.73 Å². The zero-order chi connectivity index (χ0) is 11.3. The summed E-state index contributed by atoms with van der Waals surface area (Å²) in [5.74, 6) is 1.74. The fourth-order valence-electron chi connectivity index (χ4n) is 2.06. The lowest BCUT2D eigenvalue weighted by Gasteiger charge is -2.37. The molecule has 0 aliphatic carbocycles. The van der Waals surface area contributed by atoms with E-state index in [2.05, 4.69) is 6.92 Å². The summed E-state index contributed by atoms with van der Waals surface area (Å²) >= 11 is 1.73. The van der Waals surface area contributed by atoms with Crippen molar-refractivity contribution in [2.45, 2.75) is 32.2 Å². The van der Waals surface area contributed by atoms with E-state index in [4.69, 9.17) is 5.73 Å². The van der Waals surface area contributed by atoms with Gasteiger partial charge in [0, 0.05) is 24.8 Å². The molecule has 0 aromatic rings. The van der Waals surface area contributed by atoms with E-state index in [9.17, 15) is 4.79 Å². The fraction of sp³-hybridized carbons (Fsp3) is 0.909. The molecule has 0 radical (unpaired) electrons. The molecule has 2 N–H and O–H groups in total. The molecule has 4 heteroatoms. The van der Waals surface area contributed by atoms with Crippen molar-refractivity contribution in [1.29, 1.82) is 0 Å². The summed E-state index contributed by atoms with van der Waals surface area (Å²) in [6.07, 6.45) is 4.98. The molecular formula is C11H22N2OS. The van der Waals surface area contributed by atoms with Gasteiger partial charge in [-0.1, -0.05) is 0 Å². The molecule has 3 nitrogen and oxygen atoms in total. The number of hydrogen-bond acceptors (Lipinski definition) is 3.